The highest BCUT2D eigenvalue weighted by Crippen LogP contribution is 2.62. The van der Waals surface area contributed by atoms with E-state index >= 15 is 0 Å². The summed E-state index contributed by atoms with van der Waals surface area (Å²) >= 11 is 0. The van der Waals surface area contributed by atoms with E-state index in [1.165, 1.54) is 126 Å². The second-order valence-electron chi connectivity index (χ2n) is 20.2. The largest absolute Gasteiger partial charge is 0.307 e. The summed E-state index contributed by atoms with van der Waals surface area (Å²) in [5.41, 5.74) is 8.57. The molecule has 0 amide bonds. The van der Waals surface area contributed by atoms with Gasteiger partial charge in [-0.3, -0.25) is 0 Å². The van der Waals surface area contributed by atoms with E-state index < -0.39 is 0 Å². The van der Waals surface area contributed by atoms with Gasteiger partial charge < -0.3 is 9.13 Å². The first-order valence-corrected chi connectivity index (χ1v) is 22.5. The maximum atomic E-state index is 5.76. The van der Waals surface area contributed by atoms with Crippen molar-refractivity contribution in [3.63, 3.8) is 0 Å². The van der Waals surface area contributed by atoms with Gasteiger partial charge in [0.05, 0.1) is 22.1 Å². The normalized spacial score (nSPS) is 30.8. The molecule has 0 saturated heterocycles. The molecule has 0 N–H and O–H groups in total. The topological polar surface area (TPSA) is 48.5 Å². The molecule has 8 aliphatic carbocycles. The molecule has 16 rings (SSSR count). The van der Waals surface area contributed by atoms with Crippen LogP contribution in [0.5, 0.6) is 0 Å². The molecule has 3 heterocycles. The number of benzene rings is 5. The van der Waals surface area contributed by atoms with E-state index in [1.54, 1.807) is 0 Å². The molecule has 8 fully saturated rings. The van der Waals surface area contributed by atoms with E-state index in [2.05, 4.69) is 124 Å². The minimum Gasteiger partial charge on any atom is -0.307 e. The fourth-order valence-corrected chi connectivity index (χ4v) is 15.1. The van der Waals surface area contributed by atoms with Gasteiger partial charge in [0.1, 0.15) is 11.6 Å². The molecular weight excluding hydrogens is 707 g/mol. The Balaban J connectivity index is 1.00. The molecule has 58 heavy (non-hydrogen) atoms. The van der Waals surface area contributed by atoms with Gasteiger partial charge >= 0.3 is 0 Å². The second kappa shape index (κ2) is 11.7. The summed E-state index contributed by atoms with van der Waals surface area (Å²) in [7, 11) is 0. The van der Waals surface area contributed by atoms with Crippen LogP contribution >= 0.6 is 0 Å². The van der Waals surface area contributed by atoms with Crippen molar-refractivity contribution < 1.29 is 0 Å². The summed E-state index contributed by atoms with van der Waals surface area (Å²) in [5, 5.41) is 5.07. The van der Waals surface area contributed by atoms with E-state index in [0.717, 1.165) is 64.2 Å². The molecule has 8 bridgehead atoms. The predicted molar refractivity (Wildman–Crippen MR) is 234 cm³/mol. The van der Waals surface area contributed by atoms with Crippen LogP contribution in [0.15, 0.2) is 115 Å². The summed E-state index contributed by atoms with van der Waals surface area (Å²) in [6.07, 6.45) is 16.2. The summed E-state index contributed by atoms with van der Waals surface area (Å²) in [6, 6.07) is 42.6. The lowest BCUT2D eigenvalue weighted by molar-refractivity contribution is -0.0155. The van der Waals surface area contributed by atoms with Crippen molar-refractivity contribution in [3.8, 4) is 22.8 Å². The predicted octanol–water partition coefficient (Wildman–Crippen LogP) is 12.7. The average Bonchev–Trinajstić information content (AvgIpc) is 3.76. The van der Waals surface area contributed by atoms with Crippen LogP contribution in [0.1, 0.15) is 88.7 Å². The number of rotatable bonds is 5. The molecule has 8 aliphatic rings. The highest BCUT2D eigenvalue weighted by Gasteiger charge is 2.56. The molecule has 5 nitrogen and oxygen atoms in total. The van der Waals surface area contributed by atoms with Crippen LogP contribution in [0.4, 0.5) is 0 Å². The molecule has 0 radical (unpaired) electrons. The van der Waals surface area contributed by atoms with Crippen LogP contribution in [-0.4, -0.2) is 24.1 Å². The van der Waals surface area contributed by atoms with Gasteiger partial charge in [-0.2, -0.15) is 0 Å². The maximum Gasteiger partial charge on any atom is 0.163 e. The van der Waals surface area contributed by atoms with E-state index in [1.807, 2.05) is 0 Å². The number of nitrogens with zero attached hydrogens (tertiary/aromatic N) is 5. The molecule has 0 unspecified atom stereocenters. The van der Waals surface area contributed by atoms with Crippen molar-refractivity contribution in [2.24, 2.45) is 35.5 Å². The Bertz CT molecular complexity index is 2850. The Labute approximate surface area is 339 Å². The highest BCUT2D eigenvalue weighted by molar-refractivity contribution is 6.23. The Morgan fingerprint density at radius 1 is 0.397 bits per heavy atom. The number of fused-ring (bicyclic) bond motifs is 7. The molecule has 5 heteroatoms. The summed E-state index contributed by atoms with van der Waals surface area (Å²) in [4.78, 5) is 17.1. The Morgan fingerprint density at radius 3 is 1.33 bits per heavy atom. The zero-order valence-electron chi connectivity index (χ0n) is 33.2. The molecule has 5 aromatic carbocycles. The fourth-order valence-electron chi connectivity index (χ4n) is 15.1. The Hall–Kier alpha value is -5.29. The van der Waals surface area contributed by atoms with Gasteiger partial charge in [-0.1, -0.05) is 78.9 Å². The van der Waals surface area contributed by atoms with Gasteiger partial charge in [-0.05, 0) is 149 Å². The lowest BCUT2D eigenvalue weighted by Gasteiger charge is -2.57. The third-order valence-corrected chi connectivity index (χ3v) is 16.5. The van der Waals surface area contributed by atoms with Crippen LogP contribution in [0.3, 0.4) is 0 Å². The standard InChI is InChI=1S/C53H49N5/c1-2-10-39(11-3-1)57-45-15-6-4-13-41(45)43-17-18-44-42-14-5-7-16-46(42)58(48(44)47(43)57)40-12-8-9-38(25-40)49-54-50(52-26-32-19-33(27-52)21-34(20-32)28-52)56-51(55-49)53-29-35-22-36(30-53)24-37(23-35)31-53/h1-18,25,32-37H,19-24,26-31H2. The van der Waals surface area contributed by atoms with Gasteiger partial charge in [0.25, 0.3) is 0 Å². The van der Waals surface area contributed by atoms with Crippen molar-refractivity contribution in [2.75, 3.05) is 0 Å². The first-order valence-electron chi connectivity index (χ1n) is 22.5. The van der Waals surface area contributed by atoms with E-state index in [4.69, 9.17) is 15.0 Å². The molecule has 8 saturated carbocycles. The molecule has 0 atom stereocenters. The molecule has 3 aromatic heterocycles. The first-order chi connectivity index (χ1) is 28.6. The molecular formula is C53H49N5. The first kappa shape index (κ1) is 32.6. The summed E-state index contributed by atoms with van der Waals surface area (Å²) in [5.74, 6) is 8.27. The minimum atomic E-state index is 0.115. The van der Waals surface area contributed by atoms with Crippen LogP contribution in [0.25, 0.3) is 66.4 Å². The zero-order valence-corrected chi connectivity index (χ0v) is 33.2. The molecule has 8 aromatic rings. The smallest absolute Gasteiger partial charge is 0.163 e. The summed E-state index contributed by atoms with van der Waals surface area (Å²) < 4.78 is 5.00. The third kappa shape index (κ3) is 4.56. The average molecular weight is 756 g/mol. The van der Waals surface area contributed by atoms with Crippen LogP contribution in [0.2, 0.25) is 0 Å². The maximum absolute atomic E-state index is 5.76. The monoisotopic (exact) mass is 755 g/mol. The Morgan fingerprint density at radius 2 is 0.828 bits per heavy atom. The molecule has 0 aliphatic heterocycles. The van der Waals surface area contributed by atoms with Gasteiger partial charge in [0, 0.05) is 49.3 Å². The number of hydrogen-bond donors (Lipinski definition) is 0. The molecule has 286 valence electrons. The van der Waals surface area contributed by atoms with Crippen molar-refractivity contribution in [1.82, 2.24) is 24.1 Å². The van der Waals surface area contributed by atoms with Gasteiger partial charge in [0.2, 0.25) is 0 Å². The van der Waals surface area contributed by atoms with Crippen LogP contribution in [0, 0.1) is 35.5 Å². The SMILES string of the molecule is c1ccc(-n2c3ccccc3c3ccc4c5ccccc5n(-c5cccc(-c6nc(C78CC9CC(CC(C9)C7)C8)nc(C78CC9CC(CC(C9)C7)C8)n6)c5)c4c32)cc1. The minimum absolute atomic E-state index is 0.115. The molecule has 0 spiro atoms. The van der Waals surface area contributed by atoms with Crippen LogP contribution in [-0.2, 0) is 10.8 Å². The van der Waals surface area contributed by atoms with Gasteiger partial charge in [0.15, 0.2) is 5.82 Å². The number of aromatic nitrogens is 5. The van der Waals surface area contributed by atoms with Crippen molar-refractivity contribution in [2.45, 2.75) is 87.9 Å². The lowest BCUT2D eigenvalue weighted by atomic mass is 9.49. The lowest BCUT2D eigenvalue weighted by Crippen LogP contribution is -2.51. The van der Waals surface area contributed by atoms with Gasteiger partial charge in [-0.25, -0.2) is 15.0 Å². The fraction of sp³-hybridized carbons (Fsp3) is 0.377. The van der Waals surface area contributed by atoms with Crippen LogP contribution < -0.4 is 0 Å². The zero-order chi connectivity index (χ0) is 37.7. The third-order valence-electron chi connectivity index (χ3n) is 16.5. The number of hydrogen-bond acceptors (Lipinski definition) is 3. The van der Waals surface area contributed by atoms with E-state index in [0.29, 0.717) is 0 Å². The Kier molecular flexibility index (Phi) is 6.57. The van der Waals surface area contributed by atoms with E-state index in [9.17, 15) is 0 Å². The van der Waals surface area contributed by atoms with Crippen molar-refractivity contribution in [3.05, 3.63) is 127 Å². The second-order valence-corrected chi connectivity index (χ2v) is 20.2. The van der Waals surface area contributed by atoms with Crippen molar-refractivity contribution in [1.29, 1.82) is 0 Å². The quantitative estimate of drug-likeness (QED) is 0.176. The van der Waals surface area contributed by atoms with Gasteiger partial charge in [-0.15, -0.1) is 0 Å². The highest BCUT2D eigenvalue weighted by atomic mass is 15.1. The number of para-hydroxylation sites is 3. The van der Waals surface area contributed by atoms with Crippen molar-refractivity contribution >= 4 is 43.6 Å². The van der Waals surface area contributed by atoms with E-state index in [-0.39, 0.29) is 10.8 Å². The summed E-state index contributed by atoms with van der Waals surface area (Å²) in [6.45, 7) is 0.